The number of non-ortho nitro benzene ring substituents is 1. The second-order valence-electron chi connectivity index (χ2n) is 5.10. The van der Waals surface area contributed by atoms with E-state index in [-0.39, 0.29) is 5.69 Å². The maximum Gasteiger partial charge on any atom is 0.270 e. The first-order valence-corrected chi connectivity index (χ1v) is 7.82. The number of benzene rings is 3. The Labute approximate surface area is 135 Å². The van der Waals surface area contributed by atoms with Gasteiger partial charge in [-0.25, -0.2) is 0 Å². The van der Waals surface area contributed by atoms with E-state index in [9.17, 15) is 10.1 Å². The quantitative estimate of drug-likeness (QED) is 0.435. The Morgan fingerprint density at radius 2 is 1.83 bits per heavy atom. The van der Waals surface area contributed by atoms with E-state index < -0.39 is 4.92 Å². The summed E-state index contributed by atoms with van der Waals surface area (Å²) in [5.74, 6) is 0. The fraction of sp³-hybridized carbons (Fsp3) is 0. The van der Waals surface area contributed by atoms with E-state index in [0.29, 0.717) is 0 Å². The number of rotatable bonds is 3. The Bertz CT molecular complexity index is 1040. The zero-order valence-electron chi connectivity index (χ0n) is 11.9. The van der Waals surface area contributed by atoms with Crippen LogP contribution in [0.5, 0.6) is 0 Å². The number of aromatic nitrogens is 2. The summed E-state index contributed by atoms with van der Waals surface area (Å²) in [4.78, 5) is 11.7. The van der Waals surface area contributed by atoms with Crippen LogP contribution in [0, 0.1) is 10.1 Å². The Morgan fingerprint density at radius 3 is 2.70 bits per heavy atom. The van der Waals surface area contributed by atoms with E-state index in [0.717, 1.165) is 31.6 Å². The molecule has 0 amide bonds. The van der Waals surface area contributed by atoms with Gasteiger partial charge in [0.05, 0.1) is 10.4 Å². The molecule has 0 fully saturated rings. The van der Waals surface area contributed by atoms with Gasteiger partial charge in [-0.15, -0.1) is 0 Å². The van der Waals surface area contributed by atoms with Crippen molar-refractivity contribution in [2.75, 3.05) is 0 Å². The fourth-order valence-electron chi connectivity index (χ4n) is 2.56. The lowest BCUT2D eigenvalue weighted by Gasteiger charge is -2.04. The van der Waals surface area contributed by atoms with Crippen LogP contribution >= 0.6 is 11.8 Å². The maximum atomic E-state index is 11.0. The maximum absolute atomic E-state index is 11.0. The number of nitro benzene ring substituents is 1. The van der Waals surface area contributed by atoms with Crippen molar-refractivity contribution in [3.63, 3.8) is 0 Å². The summed E-state index contributed by atoms with van der Waals surface area (Å²) in [6, 6.07) is 19.0. The number of hydrogen-bond donors (Lipinski definition) is 1. The molecular formula is C17H11N3O2S. The standard InChI is InChI=1S/C17H11N3O2S/c21-20(22)12-8-9-15-14(10-12)17(19-18-15)23-16-7-3-5-11-4-1-2-6-13(11)16/h1-10H,(H,18,19). The fourth-order valence-corrected chi connectivity index (χ4v) is 3.58. The predicted molar refractivity (Wildman–Crippen MR) is 90.8 cm³/mol. The molecule has 0 radical (unpaired) electrons. The number of aromatic amines is 1. The van der Waals surface area contributed by atoms with Gasteiger partial charge in [-0.1, -0.05) is 48.2 Å². The van der Waals surface area contributed by atoms with Crippen LogP contribution in [0.4, 0.5) is 5.69 Å². The van der Waals surface area contributed by atoms with Crippen molar-refractivity contribution < 1.29 is 4.92 Å². The van der Waals surface area contributed by atoms with Gasteiger partial charge in [-0.3, -0.25) is 15.2 Å². The molecule has 0 saturated carbocycles. The average Bonchev–Trinajstić information content (AvgIpc) is 2.97. The minimum atomic E-state index is -0.390. The van der Waals surface area contributed by atoms with Crippen molar-refractivity contribution in [2.45, 2.75) is 9.92 Å². The first kappa shape index (κ1) is 13.8. The van der Waals surface area contributed by atoms with Crippen molar-refractivity contribution in [1.29, 1.82) is 0 Å². The van der Waals surface area contributed by atoms with Gasteiger partial charge >= 0.3 is 0 Å². The molecule has 1 heterocycles. The Hall–Kier alpha value is -2.86. The van der Waals surface area contributed by atoms with E-state index in [2.05, 4.69) is 28.4 Å². The number of nitrogens with zero attached hydrogens (tertiary/aromatic N) is 2. The summed E-state index contributed by atoms with van der Waals surface area (Å²) >= 11 is 1.51. The molecule has 0 bridgehead atoms. The van der Waals surface area contributed by atoms with Crippen molar-refractivity contribution in [2.24, 2.45) is 0 Å². The van der Waals surface area contributed by atoms with Gasteiger partial charge in [0.15, 0.2) is 0 Å². The second-order valence-corrected chi connectivity index (χ2v) is 6.13. The van der Waals surface area contributed by atoms with Crippen molar-refractivity contribution in [3.05, 3.63) is 70.8 Å². The van der Waals surface area contributed by atoms with Gasteiger partial charge in [0.2, 0.25) is 0 Å². The van der Waals surface area contributed by atoms with Crippen molar-refractivity contribution in [1.82, 2.24) is 10.2 Å². The Morgan fingerprint density at radius 1 is 1.00 bits per heavy atom. The summed E-state index contributed by atoms with van der Waals surface area (Å²) in [6.45, 7) is 0. The van der Waals surface area contributed by atoms with Crippen LogP contribution < -0.4 is 0 Å². The lowest BCUT2D eigenvalue weighted by atomic mass is 10.1. The Balaban J connectivity index is 1.83. The zero-order chi connectivity index (χ0) is 15.8. The topological polar surface area (TPSA) is 71.8 Å². The molecule has 4 aromatic rings. The molecule has 0 atom stereocenters. The molecule has 4 rings (SSSR count). The van der Waals surface area contributed by atoms with Crippen molar-refractivity contribution >= 4 is 39.1 Å². The van der Waals surface area contributed by atoms with Crippen LogP contribution in [-0.2, 0) is 0 Å². The summed E-state index contributed by atoms with van der Waals surface area (Å²) in [6.07, 6.45) is 0. The zero-order valence-corrected chi connectivity index (χ0v) is 12.7. The molecule has 1 aromatic heterocycles. The number of fused-ring (bicyclic) bond motifs is 2. The van der Waals surface area contributed by atoms with E-state index in [1.165, 1.54) is 17.8 Å². The molecule has 6 heteroatoms. The third-order valence-electron chi connectivity index (χ3n) is 3.68. The van der Waals surface area contributed by atoms with Crippen LogP contribution in [-0.4, -0.2) is 15.1 Å². The molecule has 0 aliphatic carbocycles. The van der Waals surface area contributed by atoms with Gasteiger partial charge in [-0.2, -0.15) is 5.10 Å². The molecule has 0 aliphatic heterocycles. The molecule has 1 N–H and O–H groups in total. The molecule has 23 heavy (non-hydrogen) atoms. The second kappa shape index (κ2) is 5.40. The normalized spacial score (nSPS) is 11.1. The summed E-state index contributed by atoms with van der Waals surface area (Å²) in [5, 5.41) is 22.0. The molecule has 0 unspecified atom stereocenters. The molecule has 0 spiro atoms. The summed E-state index contributed by atoms with van der Waals surface area (Å²) in [7, 11) is 0. The van der Waals surface area contributed by atoms with E-state index in [1.807, 2.05) is 24.3 Å². The minimum absolute atomic E-state index is 0.0682. The Kier molecular flexibility index (Phi) is 3.24. The van der Waals surface area contributed by atoms with Crippen LogP contribution in [0.15, 0.2) is 70.6 Å². The number of hydrogen-bond acceptors (Lipinski definition) is 4. The van der Waals surface area contributed by atoms with Crippen LogP contribution in [0.3, 0.4) is 0 Å². The van der Waals surface area contributed by atoms with Gasteiger partial charge in [0.1, 0.15) is 5.03 Å². The molecular weight excluding hydrogens is 310 g/mol. The van der Waals surface area contributed by atoms with Gasteiger partial charge < -0.3 is 0 Å². The van der Waals surface area contributed by atoms with E-state index in [4.69, 9.17) is 0 Å². The first-order valence-electron chi connectivity index (χ1n) is 7.00. The highest BCUT2D eigenvalue weighted by Crippen LogP contribution is 2.36. The highest BCUT2D eigenvalue weighted by atomic mass is 32.2. The number of H-pyrrole nitrogens is 1. The molecule has 0 aliphatic rings. The molecule has 3 aromatic carbocycles. The monoisotopic (exact) mass is 321 g/mol. The average molecular weight is 321 g/mol. The highest BCUT2D eigenvalue weighted by Gasteiger charge is 2.13. The van der Waals surface area contributed by atoms with Gasteiger partial charge in [0, 0.05) is 22.4 Å². The first-order chi connectivity index (χ1) is 11.2. The molecule has 0 saturated heterocycles. The highest BCUT2D eigenvalue weighted by molar-refractivity contribution is 7.99. The van der Waals surface area contributed by atoms with E-state index in [1.54, 1.807) is 12.1 Å². The third kappa shape index (κ3) is 2.43. The SMILES string of the molecule is O=[N+]([O-])c1ccc2[nH]nc(Sc3cccc4ccccc34)c2c1. The smallest absolute Gasteiger partial charge is 0.270 e. The van der Waals surface area contributed by atoms with Crippen molar-refractivity contribution in [3.8, 4) is 0 Å². The summed E-state index contributed by atoms with van der Waals surface area (Å²) in [5.41, 5.74) is 0.858. The number of nitrogens with one attached hydrogen (secondary N) is 1. The molecule has 5 nitrogen and oxygen atoms in total. The lowest BCUT2D eigenvalue weighted by Crippen LogP contribution is -1.86. The lowest BCUT2D eigenvalue weighted by molar-refractivity contribution is -0.384. The summed E-state index contributed by atoms with van der Waals surface area (Å²) < 4.78 is 0. The van der Waals surface area contributed by atoms with Crippen LogP contribution in [0.25, 0.3) is 21.7 Å². The minimum Gasteiger partial charge on any atom is -0.277 e. The van der Waals surface area contributed by atoms with Crippen LogP contribution in [0.2, 0.25) is 0 Å². The van der Waals surface area contributed by atoms with Gasteiger partial charge in [-0.05, 0) is 22.9 Å². The number of nitro groups is 1. The van der Waals surface area contributed by atoms with E-state index >= 15 is 0 Å². The van der Waals surface area contributed by atoms with Gasteiger partial charge in [0.25, 0.3) is 5.69 Å². The molecule has 112 valence electrons. The third-order valence-corrected chi connectivity index (χ3v) is 4.76. The largest absolute Gasteiger partial charge is 0.277 e. The predicted octanol–water partition coefficient (Wildman–Crippen LogP) is 4.78. The van der Waals surface area contributed by atoms with Crippen LogP contribution in [0.1, 0.15) is 0 Å².